The number of nitrogens with zero attached hydrogens (tertiary/aromatic N) is 1. The molecule has 0 heterocycles. The number of hydrogen-bond donors (Lipinski definition) is 0. The van der Waals surface area contributed by atoms with Gasteiger partial charge in [0.15, 0.2) is 0 Å². The maximum atomic E-state index is 11.8. The molecule has 0 aliphatic rings. The van der Waals surface area contributed by atoms with Crippen LogP contribution in [0.5, 0.6) is 5.75 Å². The lowest BCUT2D eigenvalue weighted by molar-refractivity contribution is -0.274. The van der Waals surface area contributed by atoms with Gasteiger partial charge in [0, 0.05) is 4.90 Å². The summed E-state index contributed by atoms with van der Waals surface area (Å²) in [7, 11) is 0. The van der Waals surface area contributed by atoms with Crippen LogP contribution >= 0.6 is 11.8 Å². The topological polar surface area (TPSA) is 33.0 Å². The average Bonchev–Trinajstić information content (AvgIpc) is 2.02. The lowest BCUT2D eigenvalue weighted by Gasteiger charge is -2.08. The van der Waals surface area contributed by atoms with Crippen LogP contribution in [0, 0.1) is 10.7 Å². The number of thiocyanates is 1. The van der Waals surface area contributed by atoms with E-state index in [0.717, 1.165) is 17.8 Å². The molecule has 1 aromatic carbocycles. The van der Waals surface area contributed by atoms with Gasteiger partial charge in [-0.1, -0.05) is 6.07 Å². The first-order valence-electron chi connectivity index (χ1n) is 3.43. The quantitative estimate of drug-likeness (QED) is 0.565. The first-order valence-corrected chi connectivity index (χ1v) is 4.24. The number of alkyl halides is 3. The van der Waals surface area contributed by atoms with Crippen LogP contribution < -0.4 is 4.74 Å². The van der Waals surface area contributed by atoms with Crippen molar-refractivity contribution in [2.24, 2.45) is 0 Å². The molecule has 0 atom stereocenters. The molecule has 2 nitrogen and oxygen atoms in total. The van der Waals surface area contributed by atoms with Crippen molar-refractivity contribution in [1.82, 2.24) is 0 Å². The molecule has 0 spiro atoms. The monoisotopic (exact) mass is 219 g/mol. The van der Waals surface area contributed by atoms with Gasteiger partial charge < -0.3 is 4.74 Å². The Kier molecular flexibility index (Phi) is 3.25. The SMILES string of the molecule is N#CSc1cccc(OC(F)(F)F)c1. The molecule has 0 unspecified atom stereocenters. The average molecular weight is 219 g/mol. The van der Waals surface area contributed by atoms with E-state index in [9.17, 15) is 13.2 Å². The zero-order valence-electron chi connectivity index (χ0n) is 6.71. The number of hydrogen-bond acceptors (Lipinski definition) is 3. The Morgan fingerprint density at radius 1 is 1.36 bits per heavy atom. The molecule has 74 valence electrons. The van der Waals surface area contributed by atoms with E-state index >= 15 is 0 Å². The van der Waals surface area contributed by atoms with E-state index in [4.69, 9.17) is 5.26 Å². The highest BCUT2D eigenvalue weighted by molar-refractivity contribution is 8.03. The molecule has 0 aromatic heterocycles. The molecule has 14 heavy (non-hydrogen) atoms. The van der Waals surface area contributed by atoms with Gasteiger partial charge in [-0.3, -0.25) is 0 Å². The highest BCUT2D eigenvalue weighted by Gasteiger charge is 2.31. The molecule has 0 N–H and O–H groups in total. The molecule has 0 aliphatic heterocycles. The summed E-state index contributed by atoms with van der Waals surface area (Å²) in [4.78, 5) is 0.411. The fourth-order valence-electron chi connectivity index (χ4n) is 0.788. The molecular formula is C8H4F3NOS. The summed E-state index contributed by atoms with van der Waals surface area (Å²) in [6.07, 6.45) is -4.70. The van der Waals surface area contributed by atoms with Gasteiger partial charge in [0.1, 0.15) is 11.2 Å². The number of halogens is 3. The standard InChI is InChI=1S/C8H4F3NOS/c9-8(10,11)13-6-2-1-3-7(4-6)14-5-12/h1-4H. The first kappa shape index (κ1) is 10.7. The van der Waals surface area contributed by atoms with Gasteiger partial charge in [0.2, 0.25) is 0 Å². The lowest BCUT2D eigenvalue weighted by Crippen LogP contribution is -2.16. The largest absolute Gasteiger partial charge is 0.573 e. The Hall–Kier alpha value is -1.35. The molecule has 0 radical (unpaired) electrons. The van der Waals surface area contributed by atoms with Gasteiger partial charge in [-0.2, -0.15) is 5.26 Å². The predicted molar refractivity (Wildman–Crippen MR) is 44.6 cm³/mol. The summed E-state index contributed by atoms with van der Waals surface area (Å²) in [5.41, 5.74) is 0. The zero-order valence-corrected chi connectivity index (χ0v) is 7.52. The van der Waals surface area contributed by atoms with Crippen LogP contribution in [0.25, 0.3) is 0 Å². The third-order valence-corrected chi connectivity index (χ3v) is 1.78. The van der Waals surface area contributed by atoms with Crippen molar-refractivity contribution in [2.75, 3.05) is 0 Å². The Bertz CT molecular complexity index is 358. The smallest absolute Gasteiger partial charge is 0.406 e. The van der Waals surface area contributed by atoms with Gasteiger partial charge in [0.25, 0.3) is 0 Å². The Balaban J connectivity index is 2.79. The second kappa shape index (κ2) is 4.24. The summed E-state index contributed by atoms with van der Waals surface area (Å²) in [5.74, 6) is -0.322. The van der Waals surface area contributed by atoms with E-state index in [1.54, 1.807) is 5.40 Å². The second-order valence-electron chi connectivity index (χ2n) is 2.22. The van der Waals surface area contributed by atoms with Gasteiger partial charge in [-0.05, 0) is 30.0 Å². The van der Waals surface area contributed by atoms with E-state index in [2.05, 4.69) is 4.74 Å². The minimum absolute atomic E-state index is 0.322. The van der Waals surface area contributed by atoms with Crippen LogP contribution in [0.4, 0.5) is 13.2 Å². The van der Waals surface area contributed by atoms with Crippen LogP contribution in [-0.2, 0) is 0 Å². The maximum Gasteiger partial charge on any atom is 0.573 e. The van der Waals surface area contributed by atoms with Gasteiger partial charge in [0.05, 0.1) is 0 Å². The number of thioether (sulfide) groups is 1. The van der Waals surface area contributed by atoms with E-state index in [-0.39, 0.29) is 5.75 Å². The molecule has 0 saturated carbocycles. The Morgan fingerprint density at radius 2 is 2.07 bits per heavy atom. The number of rotatable bonds is 2. The maximum absolute atomic E-state index is 11.8. The van der Waals surface area contributed by atoms with Crippen LogP contribution in [0.3, 0.4) is 0 Å². The fraction of sp³-hybridized carbons (Fsp3) is 0.125. The van der Waals surface area contributed by atoms with E-state index in [1.165, 1.54) is 18.2 Å². The molecule has 1 rings (SSSR count). The molecule has 0 bridgehead atoms. The first-order chi connectivity index (χ1) is 6.51. The molecule has 0 fully saturated rings. The van der Waals surface area contributed by atoms with Crippen molar-refractivity contribution in [3.63, 3.8) is 0 Å². The highest BCUT2D eigenvalue weighted by atomic mass is 32.2. The van der Waals surface area contributed by atoms with Crippen molar-refractivity contribution in [3.05, 3.63) is 24.3 Å². The van der Waals surface area contributed by atoms with Crippen LogP contribution in [0.2, 0.25) is 0 Å². The van der Waals surface area contributed by atoms with Gasteiger partial charge >= 0.3 is 6.36 Å². The Morgan fingerprint density at radius 3 is 2.64 bits per heavy atom. The minimum atomic E-state index is -4.70. The Labute approximate surface area is 82.3 Å². The third kappa shape index (κ3) is 3.58. The number of benzene rings is 1. The fourth-order valence-corrected chi connectivity index (χ4v) is 1.21. The minimum Gasteiger partial charge on any atom is -0.406 e. The lowest BCUT2D eigenvalue weighted by atomic mass is 10.3. The highest BCUT2D eigenvalue weighted by Crippen LogP contribution is 2.26. The number of ether oxygens (including phenoxy) is 1. The second-order valence-corrected chi connectivity index (χ2v) is 3.07. The van der Waals surface area contributed by atoms with Crippen molar-refractivity contribution in [2.45, 2.75) is 11.3 Å². The normalized spacial score (nSPS) is 10.7. The summed E-state index contributed by atoms with van der Waals surface area (Å²) in [5, 5.41) is 10.0. The molecule has 0 saturated heterocycles. The van der Waals surface area contributed by atoms with Crippen molar-refractivity contribution < 1.29 is 17.9 Å². The van der Waals surface area contributed by atoms with Gasteiger partial charge in [-0.25, -0.2) is 0 Å². The molecule has 0 aliphatic carbocycles. The molecular weight excluding hydrogens is 215 g/mol. The van der Waals surface area contributed by atoms with Gasteiger partial charge in [-0.15, -0.1) is 13.2 Å². The molecule has 0 amide bonds. The number of nitriles is 1. The zero-order chi connectivity index (χ0) is 10.6. The van der Waals surface area contributed by atoms with Crippen LogP contribution in [-0.4, -0.2) is 6.36 Å². The molecule has 6 heteroatoms. The van der Waals surface area contributed by atoms with E-state index in [1.807, 2.05) is 0 Å². The summed E-state index contributed by atoms with van der Waals surface area (Å²) in [6.45, 7) is 0. The third-order valence-electron chi connectivity index (χ3n) is 1.20. The predicted octanol–water partition coefficient (Wildman–Crippen LogP) is 3.16. The van der Waals surface area contributed by atoms with Crippen molar-refractivity contribution in [1.29, 1.82) is 5.26 Å². The van der Waals surface area contributed by atoms with Crippen LogP contribution in [0.1, 0.15) is 0 Å². The van der Waals surface area contributed by atoms with Crippen LogP contribution in [0.15, 0.2) is 29.2 Å². The summed E-state index contributed by atoms with van der Waals surface area (Å²) < 4.78 is 39.0. The van der Waals surface area contributed by atoms with Crippen molar-refractivity contribution >= 4 is 11.8 Å². The van der Waals surface area contributed by atoms with Crippen molar-refractivity contribution in [3.8, 4) is 11.2 Å². The molecule has 1 aromatic rings. The summed E-state index contributed by atoms with van der Waals surface area (Å²) >= 11 is 0.774. The summed E-state index contributed by atoms with van der Waals surface area (Å²) in [6, 6.07) is 5.24. The van der Waals surface area contributed by atoms with E-state index < -0.39 is 6.36 Å². The van der Waals surface area contributed by atoms with E-state index in [0.29, 0.717) is 4.90 Å².